The van der Waals surface area contributed by atoms with Gasteiger partial charge in [0.15, 0.2) is 0 Å². The molecule has 0 heterocycles. The van der Waals surface area contributed by atoms with Gasteiger partial charge < -0.3 is 0 Å². The predicted molar refractivity (Wildman–Crippen MR) is 62.3 cm³/mol. The van der Waals surface area contributed by atoms with Gasteiger partial charge in [-0.3, -0.25) is 0 Å². The van der Waals surface area contributed by atoms with Crippen LogP contribution in [-0.2, 0) is 6.42 Å². The summed E-state index contributed by atoms with van der Waals surface area (Å²) in [6, 6.07) is 8.26. The third kappa shape index (κ3) is 3.97. The number of allylic oxidation sites excluding steroid dienone is 2. The Balaban J connectivity index is 2.49. The van der Waals surface area contributed by atoms with Crippen molar-refractivity contribution in [1.29, 1.82) is 0 Å². The first-order valence-electron chi connectivity index (χ1n) is 4.29. The Morgan fingerprint density at radius 2 is 2.00 bits per heavy atom. The van der Waals surface area contributed by atoms with Gasteiger partial charge in [0.25, 0.3) is 0 Å². The molecule has 0 bridgehead atoms. The minimum Gasteiger partial charge on any atom is -0.126 e. The van der Waals surface area contributed by atoms with E-state index in [2.05, 4.69) is 46.3 Å². The molecule has 70 valence electrons. The Morgan fingerprint density at radius 3 is 2.69 bits per heavy atom. The third-order valence-electron chi connectivity index (χ3n) is 1.74. The molecule has 2 heteroatoms. The first kappa shape index (κ1) is 10.8. The molecule has 0 nitrogen and oxygen atoms in total. The van der Waals surface area contributed by atoms with Gasteiger partial charge in [-0.1, -0.05) is 46.3 Å². The van der Waals surface area contributed by atoms with E-state index in [-0.39, 0.29) is 0 Å². The highest BCUT2D eigenvalue weighted by atomic mass is 79.9. The van der Waals surface area contributed by atoms with E-state index in [0.29, 0.717) is 5.88 Å². The number of alkyl halides is 1. The summed E-state index contributed by atoms with van der Waals surface area (Å²) in [5.41, 5.74) is 1.31. The van der Waals surface area contributed by atoms with Crippen LogP contribution < -0.4 is 0 Å². The molecule has 1 aromatic carbocycles. The van der Waals surface area contributed by atoms with E-state index in [4.69, 9.17) is 11.6 Å². The Bertz CT molecular complexity index is 281. The molecule has 1 rings (SSSR count). The molecule has 0 spiro atoms. The molecule has 0 aliphatic rings. The average Bonchev–Trinajstić information content (AvgIpc) is 2.15. The van der Waals surface area contributed by atoms with Crippen LogP contribution in [0.2, 0.25) is 0 Å². The topological polar surface area (TPSA) is 0 Å². The molecule has 13 heavy (non-hydrogen) atoms. The smallest absolute Gasteiger partial charge is 0.0258 e. The van der Waals surface area contributed by atoms with Crippen molar-refractivity contribution in [2.24, 2.45) is 0 Å². The predicted octanol–water partition coefficient (Wildman–Crippen LogP) is 4.18. The summed E-state index contributed by atoms with van der Waals surface area (Å²) in [5.74, 6) is 0.701. The number of halogens is 2. The van der Waals surface area contributed by atoms with Crippen LogP contribution >= 0.6 is 27.5 Å². The molecule has 0 saturated heterocycles. The van der Waals surface area contributed by atoms with Crippen LogP contribution in [0.4, 0.5) is 0 Å². The van der Waals surface area contributed by atoms with Gasteiger partial charge in [0.1, 0.15) is 0 Å². The summed E-state index contributed by atoms with van der Waals surface area (Å²) in [7, 11) is 0. The molecular formula is C11H12BrCl. The van der Waals surface area contributed by atoms with Gasteiger partial charge in [-0.15, -0.1) is 11.6 Å². The number of benzene rings is 1. The van der Waals surface area contributed by atoms with Crippen molar-refractivity contribution >= 4 is 27.5 Å². The maximum atomic E-state index is 5.55. The Kier molecular flexibility index (Phi) is 5.18. The Hall–Kier alpha value is -0.270. The summed E-state index contributed by atoms with van der Waals surface area (Å²) in [6.45, 7) is 0. The van der Waals surface area contributed by atoms with Crippen LogP contribution in [0, 0.1) is 0 Å². The van der Waals surface area contributed by atoms with E-state index in [1.54, 1.807) is 0 Å². The second-order valence-corrected chi connectivity index (χ2v) is 3.98. The van der Waals surface area contributed by atoms with Gasteiger partial charge in [0, 0.05) is 10.4 Å². The van der Waals surface area contributed by atoms with Crippen LogP contribution in [0.5, 0.6) is 0 Å². The quantitative estimate of drug-likeness (QED) is 0.562. The molecular weight excluding hydrogens is 247 g/mol. The number of rotatable bonds is 4. The minimum absolute atomic E-state index is 0.701. The van der Waals surface area contributed by atoms with Crippen LogP contribution in [0.1, 0.15) is 12.0 Å². The fourth-order valence-electron chi connectivity index (χ4n) is 1.06. The van der Waals surface area contributed by atoms with Crippen LogP contribution in [0.3, 0.4) is 0 Å². The molecule has 0 radical (unpaired) electrons. The monoisotopic (exact) mass is 258 g/mol. The van der Waals surface area contributed by atoms with Crippen LogP contribution in [0.15, 0.2) is 40.9 Å². The zero-order chi connectivity index (χ0) is 9.52. The lowest BCUT2D eigenvalue weighted by Gasteiger charge is -1.98. The summed E-state index contributed by atoms with van der Waals surface area (Å²) < 4.78 is 1.17. The van der Waals surface area contributed by atoms with Crippen LogP contribution in [0.25, 0.3) is 0 Å². The number of hydrogen-bond acceptors (Lipinski definition) is 0. The third-order valence-corrected chi connectivity index (χ3v) is 2.73. The van der Waals surface area contributed by atoms with Gasteiger partial charge in [0.2, 0.25) is 0 Å². The molecule has 0 amide bonds. The maximum Gasteiger partial charge on any atom is 0.0258 e. The molecule has 0 atom stereocenters. The van der Waals surface area contributed by atoms with E-state index in [9.17, 15) is 0 Å². The lowest BCUT2D eigenvalue weighted by molar-refractivity contribution is 1.18. The fraction of sp³-hybridized carbons (Fsp3) is 0.273. The molecule has 0 aliphatic heterocycles. The lowest BCUT2D eigenvalue weighted by Crippen LogP contribution is -1.82. The first-order chi connectivity index (χ1) is 6.34. The minimum atomic E-state index is 0.701. The van der Waals surface area contributed by atoms with Crippen molar-refractivity contribution < 1.29 is 0 Å². The van der Waals surface area contributed by atoms with Gasteiger partial charge >= 0.3 is 0 Å². The maximum absolute atomic E-state index is 5.55. The van der Waals surface area contributed by atoms with Crippen LogP contribution in [-0.4, -0.2) is 5.88 Å². The summed E-state index contributed by atoms with van der Waals surface area (Å²) >= 11 is 9.06. The summed E-state index contributed by atoms with van der Waals surface area (Å²) in [5, 5.41) is 0. The second-order valence-electron chi connectivity index (χ2n) is 2.74. The highest BCUT2D eigenvalue weighted by molar-refractivity contribution is 9.10. The molecule has 0 aliphatic carbocycles. The van der Waals surface area contributed by atoms with E-state index < -0.39 is 0 Å². The molecule has 0 saturated carbocycles. The lowest BCUT2D eigenvalue weighted by atomic mass is 10.1. The van der Waals surface area contributed by atoms with Crippen molar-refractivity contribution in [2.75, 3.05) is 5.88 Å². The highest BCUT2D eigenvalue weighted by Gasteiger charge is 1.93. The second kappa shape index (κ2) is 6.22. The molecule has 0 N–H and O–H groups in total. The van der Waals surface area contributed by atoms with Gasteiger partial charge in [0.05, 0.1) is 0 Å². The fourth-order valence-corrected chi connectivity index (χ4v) is 1.63. The normalized spacial score (nSPS) is 10.9. The van der Waals surface area contributed by atoms with Crippen molar-refractivity contribution in [3.8, 4) is 0 Å². The van der Waals surface area contributed by atoms with Gasteiger partial charge in [-0.25, -0.2) is 0 Å². The summed E-state index contributed by atoms with van der Waals surface area (Å²) in [6.07, 6.45) is 6.19. The summed E-state index contributed by atoms with van der Waals surface area (Å²) in [4.78, 5) is 0. The van der Waals surface area contributed by atoms with Crippen molar-refractivity contribution in [3.63, 3.8) is 0 Å². The molecule has 0 aromatic heterocycles. The molecule has 0 fully saturated rings. The molecule has 1 aromatic rings. The highest BCUT2D eigenvalue weighted by Crippen LogP contribution is 2.16. The zero-order valence-corrected chi connectivity index (χ0v) is 9.68. The standard InChI is InChI=1S/C11H12BrCl/c12-11-8-4-3-7-10(11)6-2-1-5-9-13/h1-4,7-8H,5-6,9H2. The Labute approximate surface area is 92.7 Å². The molecule has 0 unspecified atom stereocenters. The average molecular weight is 260 g/mol. The van der Waals surface area contributed by atoms with E-state index in [1.165, 1.54) is 10.0 Å². The van der Waals surface area contributed by atoms with Gasteiger partial charge in [-0.2, -0.15) is 0 Å². The largest absolute Gasteiger partial charge is 0.126 e. The SMILES string of the molecule is ClCCC=CCc1ccccc1Br. The van der Waals surface area contributed by atoms with Crippen molar-refractivity contribution in [2.45, 2.75) is 12.8 Å². The Morgan fingerprint density at radius 1 is 1.23 bits per heavy atom. The zero-order valence-electron chi connectivity index (χ0n) is 7.34. The van der Waals surface area contributed by atoms with E-state index in [1.807, 2.05) is 6.07 Å². The van der Waals surface area contributed by atoms with E-state index in [0.717, 1.165) is 12.8 Å². The number of hydrogen-bond donors (Lipinski definition) is 0. The van der Waals surface area contributed by atoms with Crippen molar-refractivity contribution in [3.05, 3.63) is 46.5 Å². The van der Waals surface area contributed by atoms with E-state index >= 15 is 0 Å². The first-order valence-corrected chi connectivity index (χ1v) is 5.61. The van der Waals surface area contributed by atoms with Gasteiger partial charge in [-0.05, 0) is 24.5 Å². The van der Waals surface area contributed by atoms with Crippen molar-refractivity contribution in [1.82, 2.24) is 0 Å².